The number of aryl methyl sites for hydroxylation is 2. The number of pyridine rings is 1. The minimum absolute atomic E-state index is 0.0292. The van der Waals surface area contributed by atoms with Crippen LogP contribution >= 0.6 is 0 Å². The first kappa shape index (κ1) is 20.0. The molecule has 3 aromatic rings. The van der Waals surface area contributed by atoms with Gasteiger partial charge >= 0.3 is 0 Å². The van der Waals surface area contributed by atoms with Crippen molar-refractivity contribution in [2.24, 2.45) is 0 Å². The number of hydrogen-bond acceptors (Lipinski definition) is 5. The van der Waals surface area contributed by atoms with Gasteiger partial charge in [0.05, 0.1) is 11.5 Å². The Labute approximate surface area is 171 Å². The number of aromatic nitrogens is 3. The average Bonchev–Trinajstić information content (AvgIpc) is 3.31. The highest BCUT2D eigenvalue weighted by Crippen LogP contribution is 2.33. The maximum Gasteiger partial charge on any atom is 0.243 e. The van der Waals surface area contributed by atoms with Crippen LogP contribution in [0.3, 0.4) is 0 Å². The molecule has 4 rings (SSSR count). The van der Waals surface area contributed by atoms with Gasteiger partial charge in [-0.05, 0) is 44.0 Å². The summed E-state index contributed by atoms with van der Waals surface area (Å²) in [5.74, 6) is 0.913. The molecule has 7 nitrogen and oxygen atoms in total. The molecule has 1 aliphatic heterocycles. The van der Waals surface area contributed by atoms with E-state index in [0.717, 1.165) is 34.5 Å². The van der Waals surface area contributed by atoms with Crippen LogP contribution in [0.15, 0.2) is 41.4 Å². The molecule has 0 bridgehead atoms. The number of imidazole rings is 1. The monoisotopic (exact) mass is 414 g/mol. The lowest BCUT2D eigenvalue weighted by Crippen LogP contribution is -2.29. The number of sulfonamides is 1. The Bertz CT molecular complexity index is 1140. The lowest BCUT2D eigenvalue weighted by molar-refractivity contribution is 0.187. The van der Waals surface area contributed by atoms with Gasteiger partial charge in [0.25, 0.3) is 0 Å². The van der Waals surface area contributed by atoms with Gasteiger partial charge in [-0.1, -0.05) is 17.7 Å². The van der Waals surface area contributed by atoms with Crippen molar-refractivity contribution in [1.29, 1.82) is 0 Å². The van der Waals surface area contributed by atoms with Gasteiger partial charge in [0.15, 0.2) is 5.65 Å². The van der Waals surface area contributed by atoms with Crippen molar-refractivity contribution in [3.63, 3.8) is 0 Å². The predicted molar refractivity (Wildman–Crippen MR) is 111 cm³/mol. The number of ether oxygens (including phenoxy) is 1. The largest absolute Gasteiger partial charge is 0.383 e. The van der Waals surface area contributed by atoms with E-state index in [0.29, 0.717) is 31.1 Å². The van der Waals surface area contributed by atoms with Crippen LogP contribution in [0.2, 0.25) is 0 Å². The number of benzene rings is 1. The van der Waals surface area contributed by atoms with Gasteiger partial charge < -0.3 is 9.30 Å². The summed E-state index contributed by atoms with van der Waals surface area (Å²) in [6.45, 7) is 5.91. The number of hydrogen-bond donors (Lipinski definition) is 0. The minimum atomic E-state index is -3.53. The number of rotatable bonds is 6. The Morgan fingerprint density at radius 3 is 2.83 bits per heavy atom. The van der Waals surface area contributed by atoms with Crippen LogP contribution in [0.25, 0.3) is 11.2 Å². The van der Waals surface area contributed by atoms with E-state index in [1.54, 1.807) is 23.7 Å². The summed E-state index contributed by atoms with van der Waals surface area (Å²) >= 11 is 0. The third-order valence-electron chi connectivity index (χ3n) is 5.52. The summed E-state index contributed by atoms with van der Waals surface area (Å²) in [6, 6.07) is 9.28. The zero-order valence-electron chi connectivity index (χ0n) is 17.0. The van der Waals surface area contributed by atoms with Crippen LogP contribution < -0.4 is 0 Å². The molecule has 154 valence electrons. The van der Waals surface area contributed by atoms with Crippen LogP contribution in [-0.2, 0) is 21.3 Å². The van der Waals surface area contributed by atoms with Crippen molar-refractivity contribution in [2.45, 2.75) is 37.6 Å². The zero-order chi connectivity index (χ0) is 20.6. The molecule has 1 atom stereocenters. The fourth-order valence-corrected chi connectivity index (χ4v) is 5.78. The Morgan fingerprint density at radius 2 is 2.07 bits per heavy atom. The number of fused-ring (bicyclic) bond motifs is 1. The molecule has 0 spiro atoms. The average molecular weight is 415 g/mol. The summed E-state index contributed by atoms with van der Waals surface area (Å²) in [5.41, 5.74) is 3.48. The summed E-state index contributed by atoms with van der Waals surface area (Å²) in [4.78, 5) is 9.65. The van der Waals surface area contributed by atoms with Gasteiger partial charge in [-0.3, -0.25) is 0 Å². The highest BCUT2D eigenvalue weighted by atomic mass is 32.2. The van der Waals surface area contributed by atoms with Crippen LogP contribution in [0.4, 0.5) is 0 Å². The van der Waals surface area contributed by atoms with Crippen molar-refractivity contribution in [3.8, 4) is 0 Å². The van der Waals surface area contributed by atoms with Crippen molar-refractivity contribution < 1.29 is 13.2 Å². The van der Waals surface area contributed by atoms with E-state index in [2.05, 4.69) is 9.55 Å². The van der Waals surface area contributed by atoms with E-state index in [4.69, 9.17) is 9.72 Å². The maximum absolute atomic E-state index is 13.2. The topological polar surface area (TPSA) is 77.3 Å². The smallest absolute Gasteiger partial charge is 0.243 e. The van der Waals surface area contributed by atoms with Crippen LogP contribution in [-0.4, -0.2) is 54.1 Å². The molecule has 0 saturated carbocycles. The SMILES string of the molecule is COCCn1c([C@H]2CCN(S(=O)(=O)c3ccc(C)cc3C)C2)nc2cccnc21. The molecule has 0 unspecified atom stereocenters. The quantitative estimate of drug-likeness (QED) is 0.620. The molecule has 0 radical (unpaired) electrons. The van der Waals surface area contributed by atoms with Gasteiger partial charge in [-0.2, -0.15) is 4.31 Å². The zero-order valence-corrected chi connectivity index (χ0v) is 17.8. The molecule has 1 saturated heterocycles. The van der Waals surface area contributed by atoms with Gasteiger partial charge in [-0.25, -0.2) is 18.4 Å². The predicted octanol–water partition coefficient (Wildman–Crippen LogP) is 2.87. The van der Waals surface area contributed by atoms with Crippen molar-refractivity contribution in [2.75, 3.05) is 26.8 Å². The Balaban J connectivity index is 1.65. The van der Waals surface area contributed by atoms with E-state index >= 15 is 0 Å². The molecule has 3 heterocycles. The first-order valence-electron chi connectivity index (χ1n) is 9.79. The standard InChI is InChI=1S/C21H26N4O3S/c1-15-6-7-19(16(2)13-15)29(26,27)24-10-8-17(14-24)20-23-18-5-4-9-22-21(18)25(20)11-12-28-3/h4-7,9,13,17H,8,10-12,14H2,1-3H3/t17-/m0/s1. The number of methoxy groups -OCH3 is 1. The van der Waals surface area contributed by atoms with Gasteiger partial charge in [0, 0.05) is 38.9 Å². The first-order valence-corrected chi connectivity index (χ1v) is 11.2. The van der Waals surface area contributed by atoms with E-state index in [1.165, 1.54) is 0 Å². The third kappa shape index (κ3) is 3.68. The normalized spacial score (nSPS) is 18.0. The van der Waals surface area contributed by atoms with Gasteiger partial charge in [0.1, 0.15) is 11.3 Å². The second kappa shape index (κ2) is 7.85. The van der Waals surface area contributed by atoms with Crippen molar-refractivity contribution in [3.05, 3.63) is 53.5 Å². The lowest BCUT2D eigenvalue weighted by atomic mass is 10.1. The van der Waals surface area contributed by atoms with Crippen LogP contribution in [0.5, 0.6) is 0 Å². The van der Waals surface area contributed by atoms with E-state index in [1.807, 2.05) is 38.1 Å². The molecular formula is C21H26N4O3S. The second-order valence-electron chi connectivity index (χ2n) is 7.58. The molecule has 0 N–H and O–H groups in total. The molecule has 1 aliphatic rings. The van der Waals surface area contributed by atoms with Gasteiger partial charge in [0.2, 0.25) is 10.0 Å². The summed E-state index contributed by atoms with van der Waals surface area (Å²) < 4.78 is 35.4. The molecule has 8 heteroatoms. The fourth-order valence-electron chi connectivity index (χ4n) is 4.08. The van der Waals surface area contributed by atoms with Crippen LogP contribution in [0, 0.1) is 13.8 Å². The Morgan fingerprint density at radius 1 is 1.24 bits per heavy atom. The van der Waals surface area contributed by atoms with E-state index < -0.39 is 10.0 Å². The number of nitrogens with zero attached hydrogens (tertiary/aromatic N) is 4. The van der Waals surface area contributed by atoms with Crippen molar-refractivity contribution in [1.82, 2.24) is 18.8 Å². The first-order chi connectivity index (χ1) is 13.9. The Kier molecular flexibility index (Phi) is 5.42. The van der Waals surface area contributed by atoms with Gasteiger partial charge in [-0.15, -0.1) is 0 Å². The second-order valence-corrected chi connectivity index (χ2v) is 9.48. The molecule has 1 fully saturated rings. The molecule has 1 aromatic carbocycles. The van der Waals surface area contributed by atoms with E-state index in [-0.39, 0.29) is 5.92 Å². The third-order valence-corrected chi connectivity index (χ3v) is 7.54. The molecule has 2 aromatic heterocycles. The lowest BCUT2D eigenvalue weighted by Gasteiger charge is -2.18. The minimum Gasteiger partial charge on any atom is -0.383 e. The highest BCUT2D eigenvalue weighted by Gasteiger charge is 2.36. The molecule has 29 heavy (non-hydrogen) atoms. The van der Waals surface area contributed by atoms with Crippen molar-refractivity contribution >= 4 is 21.2 Å². The summed E-state index contributed by atoms with van der Waals surface area (Å²) in [7, 11) is -1.86. The Hall–Kier alpha value is -2.29. The summed E-state index contributed by atoms with van der Waals surface area (Å²) in [5, 5.41) is 0. The fraction of sp³-hybridized carbons (Fsp3) is 0.429. The highest BCUT2D eigenvalue weighted by molar-refractivity contribution is 7.89. The summed E-state index contributed by atoms with van der Waals surface area (Å²) in [6.07, 6.45) is 2.49. The molecule has 0 aliphatic carbocycles. The molecule has 0 amide bonds. The maximum atomic E-state index is 13.2. The molecular weight excluding hydrogens is 388 g/mol. The van der Waals surface area contributed by atoms with E-state index in [9.17, 15) is 8.42 Å². The van der Waals surface area contributed by atoms with Crippen LogP contribution in [0.1, 0.15) is 29.3 Å².